The summed E-state index contributed by atoms with van der Waals surface area (Å²) in [5.41, 5.74) is 1.74. The van der Waals surface area contributed by atoms with Gasteiger partial charge in [0.05, 0.1) is 6.61 Å². The summed E-state index contributed by atoms with van der Waals surface area (Å²) < 4.78 is 5.63. The number of hydrogen-bond acceptors (Lipinski definition) is 2. The average molecular weight is 429 g/mol. The molecule has 0 bridgehead atoms. The summed E-state index contributed by atoms with van der Waals surface area (Å²) in [6, 6.07) is 10.8. The molecule has 128 valence electrons. The smallest absolute Gasteiger partial charge is 0.191 e. The van der Waals surface area contributed by atoms with Crippen LogP contribution in [0.3, 0.4) is 0 Å². The van der Waals surface area contributed by atoms with E-state index in [4.69, 9.17) is 4.74 Å². The van der Waals surface area contributed by atoms with E-state index < -0.39 is 0 Å². The van der Waals surface area contributed by atoms with Gasteiger partial charge in [0.2, 0.25) is 0 Å². The van der Waals surface area contributed by atoms with Crippen molar-refractivity contribution < 1.29 is 4.74 Å². The zero-order valence-corrected chi connectivity index (χ0v) is 16.2. The van der Waals surface area contributed by atoms with Crippen LogP contribution in [0.5, 0.6) is 0 Å². The zero-order valence-electron chi connectivity index (χ0n) is 13.9. The topological polar surface area (TPSA) is 45.7 Å². The average Bonchev–Trinajstić information content (AvgIpc) is 3.46. The number of guanidine groups is 1. The number of halogens is 1. The second kappa shape index (κ2) is 8.87. The quantitative estimate of drug-likeness (QED) is 0.289. The Kier molecular flexibility index (Phi) is 7.14. The van der Waals surface area contributed by atoms with Crippen molar-refractivity contribution in [2.75, 3.05) is 33.4 Å². The molecule has 0 atom stereocenters. The molecule has 1 aromatic carbocycles. The predicted octanol–water partition coefficient (Wildman–Crippen LogP) is 2.93. The minimum absolute atomic E-state index is 0. The van der Waals surface area contributed by atoms with Gasteiger partial charge in [0.15, 0.2) is 5.96 Å². The van der Waals surface area contributed by atoms with Gasteiger partial charge in [-0.1, -0.05) is 30.3 Å². The maximum absolute atomic E-state index is 5.63. The summed E-state index contributed by atoms with van der Waals surface area (Å²) in [5, 5.41) is 6.80. The monoisotopic (exact) mass is 429 g/mol. The van der Waals surface area contributed by atoms with Crippen LogP contribution in [0.1, 0.15) is 31.2 Å². The Balaban J connectivity index is 0.00000192. The summed E-state index contributed by atoms with van der Waals surface area (Å²) in [7, 11) is 1.82. The molecule has 0 spiro atoms. The van der Waals surface area contributed by atoms with E-state index in [1.165, 1.54) is 31.2 Å². The van der Waals surface area contributed by atoms with E-state index in [1.807, 2.05) is 7.05 Å². The van der Waals surface area contributed by atoms with Crippen molar-refractivity contribution in [1.29, 1.82) is 0 Å². The van der Waals surface area contributed by atoms with Gasteiger partial charge in [0.25, 0.3) is 0 Å². The second-order valence-corrected chi connectivity index (χ2v) is 6.52. The molecule has 0 aromatic heterocycles. The molecule has 2 fully saturated rings. The number of nitrogens with one attached hydrogen (secondary N) is 2. The number of aliphatic imine (C=N–C) groups is 1. The Bertz CT molecular complexity index is 498. The maximum Gasteiger partial charge on any atom is 0.191 e. The molecule has 0 aliphatic heterocycles. The highest BCUT2D eigenvalue weighted by atomic mass is 127. The predicted molar refractivity (Wildman–Crippen MR) is 106 cm³/mol. The fourth-order valence-corrected chi connectivity index (χ4v) is 2.76. The fourth-order valence-electron chi connectivity index (χ4n) is 2.76. The van der Waals surface area contributed by atoms with Crippen molar-refractivity contribution >= 4 is 29.9 Å². The summed E-state index contributed by atoms with van der Waals surface area (Å²) in [5.74, 6) is 1.70. The lowest BCUT2D eigenvalue weighted by Gasteiger charge is -2.19. The molecule has 3 rings (SSSR count). The van der Waals surface area contributed by atoms with Gasteiger partial charge < -0.3 is 15.4 Å². The van der Waals surface area contributed by atoms with E-state index in [1.54, 1.807) is 0 Å². The Morgan fingerprint density at radius 2 is 1.96 bits per heavy atom. The fraction of sp³-hybridized carbons (Fsp3) is 0.611. The number of ether oxygens (including phenoxy) is 1. The van der Waals surface area contributed by atoms with Crippen LogP contribution in [0.4, 0.5) is 0 Å². The van der Waals surface area contributed by atoms with Crippen molar-refractivity contribution in [3.63, 3.8) is 0 Å². The second-order valence-electron chi connectivity index (χ2n) is 6.52. The third-order valence-corrected chi connectivity index (χ3v) is 4.65. The first-order valence-electron chi connectivity index (χ1n) is 8.40. The lowest BCUT2D eigenvalue weighted by Crippen LogP contribution is -2.42. The summed E-state index contributed by atoms with van der Waals surface area (Å²) in [6.45, 7) is 3.43. The Morgan fingerprint density at radius 1 is 1.22 bits per heavy atom. The Labute approximate surface area is 156 Å². The van der Waals surface area contributed by atoms with Crippen molar-refractivity contribution in [3.8, 4) is 0 Å². The Morgan fingerprint density at radius 3 is 2.57 bits per heavy atom. The van der Waals surface area contributed by atoms with Crippen LogP contribution in [0, 0.1) is 5.92 Å². The molecular weight excluding hydrogens is 401 g/mol. The highest BCUT2D eigenvalue weighted by Crippen LogP contribution is 2.47. The lowest BCUT2D eigenvalue weighted by molar-refractivity contribution is 0.129. The van der Waals surface area contributed by atoms with Gasteiger partial charge in [-0.25, -0.2) is 0 Å². The number of nitrogens with zero attached hydrogens (tertiary/aromatic N) is 1. The van der Waals surface area contributed by atoms with Crippen molar-refractivity contribution in [1.82, 2.24) is 10.6 Å². The van der Waals surface area contributed by atoms with Crippen LogP contribution >= 0.6 is 24.0 Å². The summed E-state index contributed by atoms with van der Waals surface area (Å²) >= 11 is 0. The van der Waals surface area contributed by atoms with Crippen molar-refractivity contribution in [3.05, 3.63) is 35.9 Å². The first-order chi connectivity index (χ1) is 10.8. The molecule has 2 saturated carbocycles. The molecular formula is C18H28IN3O. The van der Waals surface area contributed by atoms with Crippen LogP contribution in [-0.2, 0) is 10.2 Å². The van der Waals surface area contributed by atoms with E-state index in [9.17, 15) is 0 Å². The molecule has 4 nitrogen and oxygen atoms in total. The van der Waals surface area contributed by atoms with E-state index in [-0.39, 0.29) is 24.0 Å². The number of benzene rings is 1. The Hall–Kier alpha value is -0.820. The normalized spacial score (nSPS) is 18.9. The summed E-state index contributed by atoms with van der Waals surface area (Å²) in [6.07, 6.45) is 5.20. The highest BCUT2D eigenvalue weighted by molar-refractivity contribution is 14.0. The molecule has 0 saturated heterocycles. The number of hydrogen-bond donors (Lipinski definition) is 2. The van der Waals surface area contributed by atoms with Crippen LogP contribution < -0.4 is 10.6 Å². The lowest BCUT2D eigenvalue weighted by atomic mass is 9.96. The van der Waals surface area contributed by atoms with Gasteiger partial charge in [0.1, 0.15) is 0 Å². The molecule has 0 radical (unpaired) electrons. The van der Waals surface area contributed by atoms with Crippen LogP contribution in [-0.4, -0.2) is 39.3 Å². The molecule has 1 aromatic rings. The van der Waals surface area contributed by atoms with Gasteiger partial charge in [-0.3, -0.25) is 4.99 Å². The molecule has 5 heteroatoms. The molecule has 2 aliphatic carbocycles. The third kappa shape index (κ3) is 5.64. The minimum atomic E-state index is 0. The van der Waals surface area contributed by atoms with E-state index >= 15 is 0 Å². The van der Waals surface area contributed by atoms with Gasteiger partial charge in [-0.05, 0) is 37.2 Å². The standard InChI is InChI=1S/C18H27N3O.HI/c1-19-17(20-11-12-22-13-15-7-8-15)21-14-18(9-10-18)16-5-3-2-4-6-16;/h2-6,15H,7-14H2,1H3,(H2,19,20,21);1H. The zero-order chi connectivity index (χ0) is 15.3. The first-order valence-corrected chi connectivity index (χ1v) is 8.40. The summed E-state index contributed by atoms with van der Waals surface area (Å²) in [4.78, 5) is 4.30. The maximum atomic E-state index is 5.63. The molecule has 2 aliphatic rings. The largest absolute Gasteiger partial charge is 0.379 e. The first kappa shape index (κ1) is 18.5. The molecule has 0 heterocycles. The minimum Gasteiger partial charge on any atom is -0.379 e. The molecule has 23 heavy (non-hydrogen) atoms. The van der Waals surface area contributed by atoms with Crippen LogP contribution in [0.15, 0.2) is 35.3 Å². The third-order valence-electron chi connectivity index (χ3n) is 4.65. The van der Waals surface area contributed by atoms with Crippen molar-refractivity contribution in [2.45, 2.75) is 31.1 Å². The molecule has 0 amide bonds. The van der Waals surface area contributed by atoms with Gasteiger partial charge in [-0.2, -0.15) is 0 Å². The van der Waals surface area contributed by atoms with Gasteiger partial charge >= 0.3 is 0 Å². The van der Waals surface area contributed by atoms with E-state index in [2.05, 4.69) is 46.0 Å². The SMILES string of the molecule is CN=C(NCCOCC1CC1)NCC1(c2ccccc2)CC1.I. The van der Waals surface area contributed by atoms with E-state index in [0.29, 0.717) is 5.41 Å². The van der Waals surface area contributed by atoms with E-state index in [0.717, 1.165) is 38.2 Å². The van der Waals surface area contributed by atoms with Gasteiger partial charge in [-0.15, -0.1) is 24.0 Å². The van der Waals surface area contributed by atoms with Gasteiger partial charge in [0, 0.05) is 32.2 Å². The van der Waals surface area contributed by atoms with Crippen molar-refractivity contribution in [2.24, 2.45) is 10.9 Å². The molecule has 2 N–H and O–H groups in total. The number of rotatable bonds is 8. The van der Waals surface area contributed by atoms with Crippen LogP contribution in [0.2, 0.25) is 0 Å². The van der Waals surface area contributed by atoms with Crippen LogP contribution in [0.25, 0.3) is 0 Å². The molecule has 0 unspecified atom stereocenters. The highest BCUT2D eigenvalue weighted by Gasteiger charge is 2.43.